The van der Waals surface area contributed by atoms with E-state index in [2.05, 4.69) is 10.6 Å². The van der Waals surface area contributed by atoms with E-state index in [1.165, 1.54) is 16.7 Å². The topological polar surface area (TPSA) is 226 Å². The maximum absolute atomic E-state index is 13.0. The average Bonchev–Trinajstić information content (AvgIpc) is 3.06. The third-order valence-electron chi connectivity index (χ3n) is 8.04. The van der Waals surface area contributed by atoms with Crippen molar-refractivity contribution in [3.8, 4) is 16.9 Å². The summed E-state index contributed by atoms with van der Waals surface area (Å²) >= 11 is 0. The second-order valence-corrected chi connectivity index (χ2v) is 12.0. The van der Waals surface area contributed by atoms with Crippen molar-refractivity contribution in [2.75, 3.05) is 71.3 Å². The quantitative estimate of drug-likeness (QED) is 0.0814. The summed E-state index contributed by atoms with van der Waals surface area (Å²) in [4.78, 5) is 75.0. The normalized spacial score (nSPS) is 12.4. The van der Waals surface area contributed by atoms with Gasteiger partial charge in [-0.05, 0) is 57.1 Å². The SMILES string of the molecule is CCN(CCN(CC(=O)O)CC(COc1ccc(-c2ccccc2NC(=O)C(CCCC(C)=O)NC)cc1)N(CC(=O)O)CC(=O)O)CC(=O)O. The number of benzene rings is 2. The number of amides is 1. The number of hydrogen-bond acceptors (Lipinski definition) is 11. The van der Waals surface area contributed by atoms with Crippen LogP contribution in [-0.4, -0.2) is 149 Å². The van der Waals surface area contributed by atoms with E-state index in [0.717, 1.165) is 11.1 Å². The number of carbonyl (C=O) groups excluding carboxylic acids is 2. The lowest BCUT2D eigenvalue weighted by Gasteiger charge is -2.34. The lowest BCUT2D eigenvalue weighted by atomic mass is 10.0. The molecule has 0 aliphatic carbocycles. The van der Waals surface area contributed by atoms with E-state index in [1.807, 2.05) is 12.1 Å². The Morgan fingerprint density at radius 2 is 1.35 bits per heavy atom. The number of nitrogens with one attached hydrogen (secondary N) is 2. The van der Waals surface area contributed by atoms with Crippen LogP contribution in [0.4, 0.5) is 5.69 Å². The molecule has 0 bridgehead atoms. The molecule has 51 heavy (non-hydrogen) atoms. The fourth-order valence-electron chi connectivity index (χ4n) is 5.43. The molecule has 2 atom stereocenters. The van der Waals surface area contributed by atoms with E-state index < -0.39 is 55.6 Å². The van der Waals surface area contributed by atoms with E-state index in [0.29, 0.717) is 37.2 Å². The zero-order valence-electron chi connectivity index (χ0n) is 29.2. The largest absolute Gasteiger partial charge is 0.492 e. The third kappa shape index (κ3) is 16.1. The van der Waals surface area contributed by atoms with Gasteiger partial charge in [0.15, 0.2) is 0 Å². The molecule has 0 fully saturated rings. The number of carbonyl (C=O) groups is 6. The molecule has 16 heteroatoms. The Labute approximate surface area is 297 Å². The molecule has 2 unspecified atom stereocenters. The first-order valence-electron chi connectivity index (χ1n) is 16.6. The Hall–Kier alpha value is -4.90. The highest BCUT2D eigenvalue weighted by atomic mass is 16.5. The van der Waals surface area contributed by atoms with Crippen molar-refractivity contribution in [2.45, 2.75) is 45.2 Å². The monoisotopic (exact) mass is 715 g/mol. The lowest BCUT2D eigenvalue weighted by molar-refractivity contribution is -0.144. The van der Waals surface area contributed by atoms with Crippen LogP contribution in [0.2, 0.25) is 0 Å². The molecule has 16 nitrogen and oxygen atoms in total. The molecule has 0 aliphatic rings. The maximum Gasteiger partial charge on any atom is 0.317 e. The first-order chi connectivity index (χ1) is 24.2. The van der Waals surface area contributed by atoms with Crippen molar-refractivity contribution in [3.63, 3.8) is 0 Å². The number of anilines is 1. The molecule has 280 valence electrons. The molecule has 0 heterocycles. The number of ketones is 1. The van der Waals surface area contributed by atoms with Crippen molar-refractivity contribution in [2.24, 2.45) is 0 Å². The van der Waals surface area contributed by atoms with E-state index in [4.69, 9.17) is 4.74 Å². The Kier molecular flexibility index (Phi) is 18.3. The van der Waals surface area contributed by atoms with Crippen LogP contribution in [-0.2, 0) is 28.8 Å². The number of likely N-dealkylation sites (N-methyl/N-ethyl adjacent to an activating group) is 2. The molecule has 0 saturated carbocycles. The van der Waals surface area contributed by atoms with Gasteiger partial charge in [-0.15, -0.1) is 0 Å². The minimum absolute atomic E-state index is 0.0602. The fraction of sp³-hybridized carbons (Fsp3) is 0.486. The van der Waals surface area contributed by atoms with Gasteiger partial charge in [0.25, 0.3) is 0 Å². The predicted molar refractivity (Wildman–Crippen MR) is 188 cm³/mol. The van der Waals surface area contributed by atoms with Crippen molar-refractivity contribution in [1.82, 2.24) is 20.0 Å². The van der Waals surface area contributed by atoms with Crippen molar-refractivity contribution < 1.29 is 53.9 Å². The van der Waals surface area contributed by atoms with Gasteiger partial charge in [0.1, 0.15) is 18.1 Å². The number of hydrogen-bond donors (Lipinski definition) is 6. The van der Waals surface area contributed by atoms with Gasteiger partial charge in [-0.3, -0.25) is 38.7 Å². The number of rotatable bonds is 26. The number of para-hydroxylation sites is 1. The number of Topliss-reactive ketones (excluding diaryl/α,β-unsaturated/α-hetero) is 1. The predicted octanol–water partition coefficient (Wildman–Crippen LogP) is 1.65. The van der Waals surface area contributed by atoms with Crippen LogP contribution >= 0.6 is 0 Å². The molecule has 2 aromatic carbocycles. The van der Waals surface area contributed by atoms with Crippen LogP contribution in [0.15, 0.2) is 48.5 Å². The van der Waals surface area contributed by atoms with Crippen LogP contribution in [0, 0.1) is 0 Å². The first-order valence-corrected chi connectivity index (χ1v) is 16.6. The summed E-state index contributed by atoms with van der Waals surface area (Å²) in [5, 5.41) is 43.8. The van der Waals surface area contributed by atoms with Crippen molar-refractivity contribution in [1.29, 1.82) is 0 Å². The average molecular weight is 716 g/mol. The summed E-state index contributed by atoms with van der Waals surface area (Å²) in [6.07, 6.45) is 1.45. The van der Waals surface area contributed by atoms with Crippen LogP contribution in [0.5, 0.6) is 5.75 Å². The summed E-state index contributed by atoms with van der Waals surface area (Å²) in [6.45, 7) is 1.75. The standard InChI is InChI=1S/C35H49N5O11/c1-4-38(19-31(42)43)16-17-39(20-32(44)45)18-26(40(21-33(46)47)22-34(48)49)23-51-27-14-12-25(13-15-27)28-9-5-6-10-29(28)37-35(50)30(36-3)11-7-8-24(2)41/h5-6,9-10,12-15,26,30,36H,4,7-8,11,16-23H2,1-3H3,(H,37,50)(H,42,43)(H,44,45)(H,46,47)(H,48,49). The third-order valence-corrected chi connectivity index (χ3v) is 8.04. The van der Waals surface area contributed by atoms with Crippen molar-refractivity contribution >= 4 is 41.3 Å². The second-order valence-electron chi connectivity index (χ2n) is 12.0. The summed E-state index contributed by atoms with van der Waals surface area (Å²) in [6, 6.07) is 12.7. The molecular weight excluding hydrogens is 666 g/mol. The van der Waals surface area contributed by atoms with Crippen LogP contribution < -0.4 is 15.4 Å². The van der Waals surface area contributed by atoms with Crippen LogP contribution in [0.25, 0.3) is 11.1 Å². The molecule has 1 amide bonds. The number of carboxylic acid groups (broad SMARTS) is 4. The highest BCUT2D eigenvalue weighted by molar-refractivity contribution is 5.98. The van der Waals surface area contributed by atoms with Crippen molar-refractivity contribution in [3.05, 3.63) is 48.5 Å². The van der Waals surface area contributed by atoms with Crippen LogP contribution in [0.1, 0.15) is 33.1 Å². The number of aliphatic carboxylic acids is 4. The number of carboxylic acids is 4. The van der Waals surface area contributed by atoms with E-state index in [1.54, 1.807) is 55.3 Å². The molecule has 0 spiro atoms. The maximum atomic E-state index is 13.0. The van der Waals surface area contributed by atoms with E-state index >= 15 is 0 Å². The molecule has 0 radical (unpaired) electrons. The molecule has 0 saturated heterocycles. The Morgan fingerprint density at radius 1 is 0.784 bits per heavy atom. The van der Waals surface area contributed by atoms with Gasteiger partial charge in [0.05, 0.1) is 38.3 Å². The lowest BCUT2D eigenvalue weighted by Crippen LogP contribution is -2.52. The van der Waals surface area contributed by atoms with Crippen LogP contribution in [0.3, 0.4) is 0 Å². The summed E-state index contributed by atoms with van der Waals surface area (Å²) < 4.78 is 6.01. The number of ether oxygens (including phenoxy) is 1. The van der Waals surface area contributed by atoms with Gasteiger partial charge in [-0.25, -0.2) is 0 Å². The highest BCUT2D eigenvalue weighted by Gasteiger charge is 2.27. The first kappa shape index (κ1) is 42.3. The Bertz CT molecular complexity index is 1450. The summed E-state index contributed by atoms with van der Waals surface area (Å²) in [5.74, 6) is -4.58. The fourth-order valence-corrected chi connectivity index (χ4v) is 5.43. The Balaban J connectivity index is 2.27. The van der Waals surface area contributed by atoms with Gasteiger partial charge in [0, 0.05) is 37.3 Å². The minimum Gasteiger partial charge on any atom is -0.492 e. The molecule has 0 aromatic heterocycles. The zero-order valence-corrected chi connectivity index (χ0v) is 29.2. The second kappa shape index (κ2) is 22.0. The van der Waals surface area contributed by atoms with Gasteiger partial charge < -0.3 is 40.6 Å². The molecule has 2 aromatic rings. The molecule has 2 rings (SSSR count). The van der Waals surface area contributed by atoms with Gasteiger partial charge in [-0.1, -0.05) is 37.3 Å². The molecule has 6 N–H and O–H groups in total. The molecular formula is C35H49N5O11. The smallest absolute Gasteiger partial charge is 0.317 e. The molecule has 0 aliphatic heterocycles. The Morgan fingerprint density at radius 3 is 1.90 bits per heavy atom. The zero-order chi connectivity index (χ0) is 37.9. The highest BCUT2D eigenvalue weighted by Crippen LogP contribution is 2.29. The van der Waals surface area contributed by atoms with E-state index in [-0.39, 0.29) is 44.5 Å². The van der Waals surface area contributed by atoms with Gasteiger partial charge in [-0.2, -0.15) is 0 Å². The van der Waals surface area contributed by atoms with Gasteiger partial charge in [0.2, 0.25) is 5.91 Å². The van der Waals surface area contributed by atoms with E-state index in [9.17, 15) is 49.2 Å². The van der Waals surface area contributed by atoms with Gasteiger partial charge >= 0.3 is 23.9 Å². The minimum atomic E-state index is -1.28. The summed E-state index contributed by atoms with van der Waals surface area (Å²) in [7, 11) is 1.68. The number of nitrogens with zero attached hydrogens (tertiary/aromatic N) is 3. The summed E-state index contributed by atoms with van der Waals surface area (Å²) in [5.41, 5.74) is 2.06.